The molecular weight excluding hydrogens is 292 g/mol. The third-order valence-corrected chi connectivity index (χ3v) is 4.72. The number of benzene rings is 1. The number of amides is 1. The number of fused-ring (bicyclic) bond motifs is 1. The zero-order chi connectivity index (χ0) is 16.4. The molecule has 1 aromatic heterocycles. The van der Waals surface area contributed by atoms with Gasteiger partial charge in [0.05, 0.1) is 12.2 Å². The van der Waals surface area contributed by atoms with E-state index in [1.807, 2.05) is 19.1 Å². The fraction of sp³-hybridized carbons (Fsp3) is 0.500. The maximum Gasteiger partial charge on any atom is 0.223 e. The third kappa shape index (κ3) is 3.57. The van der Waals surface area contributed by atoms with Gasteiger partial charge in [-0.25, -0.2) is 0 Å². The zero-order valence-electron chi connectivity index (χ0n) is 13.6. The molecule has 0 bridgehead atoms. The molecule has 3 rings (SSSR count). The summed E-state index contributed by atoms with van der Waals surface area (Å²) in [6.45, 7) is 2.56. The summed E-state index contributed by atoms with van der Waals surface area (Å²) >= 11 is 0. The van der Waals surface area contributed by atoms with Crippen molar-refractivity contribution in [1.29, 1.82) is 0 Å². The summed E-state index contributed by atoms with van der Waals surface area (Å²) in [7, 11) is 1.59. The van der Waals surface area contributed by atoms with E-state index in [2.05, 4.69) is 22.4 Å². The van der Waals surface area contributed by atoms with E-state index in [-0.39, 0.29) is 17.9 Å². The Balaban J connectivity index is 1.59. The van der Waals surface area contributed by atoms with E-state index < -0.39 is 6.10 Å². The van der Waals surface area contributed by atoms with Gasteiger partial charge in [-0.3, -0.25) is 4.79 Å². The van der Waals surface area contributed by atoms with Gasteiger partial charge >= 0.3 is 0 Å². The van der Waals surface area contributed by atoms with Crippen molar-refractivity contribution in [1.82, 2.24) is 10.3 Å². The van der Waals surface area contributed by atoms with Crippen LogP contribution in [0.2, 0.25) is 0 Å². The number of aromatic amines is 1. The molecule has 124 valence electrons. The van der Waals surface area contributed by atoms with Gasteiger partial charge in [-0.05, 0) is 55.3 Å². The molecule has 0 radical (unpaired) electrons. The van der Waals surface area contributed by atoms with E-state index in [9.17, 15) is 9.90 Å². The van der Waals surface area contributed by atoms with Gasteiger partial charge in [0.25, 0.3) is 0 Å². The van der Waals surface area contributed by atoms with Crippen LogP contribution in [-0.2, 0) is 16.1 Å². The first-order valence-electron chi connectivity index (χ1n) is 8.13. The van der Waals surface area contributed by atoms with Crippen LogP contribution in [-0.4, -0.2) is 35.3 Å². The van der Waals surface area contributed by atoms with Crippen molar-refractivity contribution in [3.8, 4) is 0 Å². The van der Waals surface area contributed by atoms with Crippen LogP contribution >= 0.6 is 0 Å². The third-order valence-electron chi connectivity index (χ3n) is 4.72. The Morgan fingerprint density at radius 3 is 3.00 bits per heavy atom. The quantitative estimate of drug-likeness (QED) is 0.810. The molecule has 1 fully saturated rings. The van der Waals surface area contributed by atoms with Gasteiger partial charge in [0.15, 0.2) is 0 Å². The first kappa shape index (κ1) is 16.0. The molecular formula is C18H24N2O3. The maximum atomic E-state index is 12.4. The number of carbonyl (C=O) groups excluding carboxylic acids is 1. The molecule has 1 aliphatic rings. The monoisotopic (exact) mass is 316 g/mol. The van der Waals surface area contributed by atoms with Crippen LogP contribution in [0.4, 0.5) is 0 Å². The minimum absolute atomic E-state index is 0.0456. The second kappa shape index (κ2) is 6.72. The lowest BCUT2D eigenvalue weighted by molar-refractivity contribution is -0.130. The number of aliphatic hydroxyl groups is 1. The number of nitrogens with one attached hydrogen (secondary N) is 2. The van der Waals surface area contributed by atoms with Gasteiger partial charge in [-0.15, -0.1) is 0 Å². The Kier molecular flexibility index (Phi) is 4.68. The fourth-order valence-electron chi connectivity index (χ4n) is 3.38. The number of methoxy groups -OCH3 is 1. The van der Waals surface area contributed by atoms with Gasteiger partial charge in [0, 0.05) is 30.8 Å². The summed E-state index contributed by atoms with van der Waals surface area (Å²) in [5.74, 6) is -0.0362. The molecule has 1 aliphatic carbocycles. The fourth-order valence-corrected chi connectivity index (χ4v) is 3.38. The second-order valence-corrected chi connectivity index (χ2v) is 6.44. The molecule has 1 heterocycles. The highest BCUT2D eigenvalue weighted by Gasteiger charge is 2.32. The van der Waals surface area contributed by atoms with Crippen LogP contribution < -0.4 is 5.32 Å². The van der Waals surface area contributed by atoms with Crippen molar-refractivity contribution in [2.45, 2.75) is 44.9 Å². The van der Waals surface area contributed by atoms with Crippen molar-refractivity contribution >= 4 is 16.8 Å². The summed E-state index contributed by atoms with van der Waals surface area (Å²) in [6.07, 6.45) is 1.22. The average Bonchev–Trinajstić information content (AvgIpc) is 2.92. The van der Waals surface area contributed by atoms with Gasteiger partial charge in [0.2, 0.25) is 5.91 Å². The van der Waals surface area contributed by atoms with Crippen molar-refractivity contribution in [3.05, 3.63) is 35.5 Å². The predicted molar refractivity (Wildman–Crippen MR) is 89.0 cm³/mol. The molecule has 0 aliphatic heterocycles. The summed E-state index contributed by atoms with van der Waals surface area (Å²) in [4.78, 5) is 15.6. The molecule has 1 saturated carbocycles. The number of aromatic nitrogens is 1. The molecule has 1 amide bonds. The van der Waals surface area contributed by atoms with Crippen LogP contribution in [0.25, 0.3) is 10.9 Å². The Morgan fingerprint density at radius 2 is 2.22 bits per heavy atom. The molecule has 0 saturated heterocycles. The van der Waals surface area contributed by atoms with Crippen LogP contribution in [0.3, 0.4) is 0 Å². The van der Waals surface area contributed by atoms with Crippen LogP contribution in [0.5, 0.6) is 0 Å². The highest BCUT2D eigenvalue weighted by molar-refractivity contribution is 5.82. The Hall–Kier alpha value is -1.85. The topological polar surface area (TPSA) is 74.3 Å². The molecule has 0 spiro atoms. The molecule has 0 unspecified atom stereocenters. The molecule has 5 heteroatoms. The van der Waals surface area contributed by atoms with Gasteiger partial charge in [-0.1, -0.05) is 6.07 Å². The standard InChI is InChI=1S/C18H24N2O3/c1-11-7-14-8-12(3-5-15(14)20-11)10-19-18(22)13-4-6-16(21)17(9-13)23-2/h3,5,7-8,13,16-17,20-21H,4,6,9-10H2,1-2H3,(H,19,22)/t13-,16+,17-/m1/s1. The number of aliphatic hydroxyl groups excluding tert-OH is 1. The Bertz CT molecular complexity index is 695. The number of carbonyl (C=O) groups is 1. The highest BCUT2D eigenvalue weighted by atomic mass is 16.5. The van der Waals surface area contributed by atoms with Crippen molar-refractivity contribution in [3.63, 3.8) is 0 Å². The van der Waals surface area contributed by atoms with E-state index in [0.717, 1.165) is 22.2 Å². The molecule has 3 atom stereocenters. The van der Waals surface area contributed by atoms with E-state index in [0.29, 0.717) is 25.8 Å². The average molecular weight is 316 g/mol. The first-order valence-corrected chi connectivity index (χ1v) is 8.13. The minimum atomic E-state index is -0.455. The largest absolute Gasteiger partial charge is 0.390 e. The lowest BCUT2D eigenvalue weighted by Gasteiger charge is -2.31. The maximum absolute atomic E-state index is 12.4. The number of hydrogen-bond donors (Lipinski definition) is 3. The summed E-state index contributed by atoms with van der Waals surface area (Å²) in [5, 5.41) is 14.0. The first-order chi connectivity index (χ1) is 11.1. The van der Waals surface area contributed by atoms with Crippen molar-refractivity contribution < 1.29 is 14.6 Å². The molecule has 2 aromatic rings. The van der Waals surface area contributed by atoms with Gasteiger partial charge in [-0.2, -0.15) is 0 Å². The van der Waals surface area contributed by atoms with E-state index in [1.165, 1.54) is 0 Å². The minimum Gasteiger partial charge on any atom is -0.390 e. The Morgan fingerprint density at radius 1 is 1.39 bits per heavy atom. The Labute approximate surface area is 136 Å². The lowest BCUT2D eigenvalue weighted by Crippen LogP contribution is -2.41. The SMILES string of the molecule is CO[C@@H]1C[C@H](C(=O)NCc2ccc3[nH]c(C)cc3c2)CC[C@@H]1O. The number of ether oxygens (including phenoxy) is 1. The van der Waals surface area contributed by atoms with Crippen molar-refractivity contribution in [2.24, 2.45) is 5.92 Å². The summed E-state index contributed by atoms with van der Waals surface area (Å²) in [5.41, 5.74) is 3.33. The van der Waals surface area contributed by atoms with Crippen LogP contribution in [0.15, 0.2) is 24.3 Å². The normalized spacial score (nSPS) is 24.7. The van der Waals surface area contributed by atoms with Crippen molar-refractivity contribution in [2.75, 3.05) is 7.11 Å². The molecule has 1 aromatic carbocycles. The smallest absolute Gasteiger partial charge is 0.223 e. The van der Waals surface area contributed by atoms with Crippen LogP contribution in [0.1, 0.15) is 30.5 Å². The summed E-state index contributed by atoms with van der Waals surface area (Å²) in [6, 6.07) is 8.27. The van der Waals surface area contributed by atoms with E-state index in [1.54, 1.807) is 7.11 Å². The zero-order valence-corrected chi connectivity index (χ0v) is 13.6. The highest BCUT2D eigenvalue weighted by Crippen LogP contribution is 2.26. The number of aryl methyl sites for hydroxylation is 1. The number of rotatable bonds is 4. The number of hydrogen-bond acceptors (Lipinski definition) is 3. The van der Waals surface area contributed by atoms with Gasteiger partial charge < -0.3 is 20.1 Å². The molecule has 3 N–H and O–H groups in total. The molecule has 23 heavy (non-hydrogen) atoms. The summed E-state index contributed by atoms with van der Waals surface area (Å²) < 4.78 is 5.26. The van der Waals surface area contributed by atoms with Gasteiger partial charge in [0.1, 0.15) is 0 Å². The number of H-pyrrole nitrogens is 1. The van der Waals surface area contributed by atoms with E-state index >= 15 is 0 Å². The second-order valence-electron chi connectivity index (χ2n) is 6.44. The van der Waals surface area contributed by atoms with E-state index in [4.69, 9.17) is 4.74 Å². The predicted octanol–water partition coefficient (Wildman–Crippen LogP) is 2.27. The lowest BCUT2D eigenvalue weighted by atomic mass is 9.84. The molecule has 5 nitrogen and oxygen atoms in total. The van der Waals surface area contributed by atoms with Crippen LogP contribution in [0, 0.1) is 12.8 Å².